The first-order valence-electron chi connectivity index (χ1n) is 4.05. The molecule has 1 amide bonds. The van der Waals surface area contributed by atoms with Gasteiger partial charge >= 0.3 is 0 Å². The van der Waals surface area contributed by atoms with Gasteiger partial charge in [-0.15, -0.1) is 0 Å². The molecule has 3 heteroatoms. The predicted octanol–water partition coefficient (Wildman–Crippen LogP) is 3.02. The summed E-state index contributed by atoms with van der Waals surface area (Å²) in [6.07, 6.45) is 0. The van der Waals surface area contributed by atoms with Gasteiger partial charge in [-0.3, -0.25) is 4.79 Å². The number of hydrogen-bond donors (Lipinski definition) is 1. The smallest absolute Gasteiger partial charge is 0.221 e. The number of halogens is 1. The van der Waals surface area contributed by atoms with Gasteiger partial charge in [-0.25, -0.2) is 0 Å². The van der Waals surface area contributed by atoms with Crippen molar-refractivity contribution in [1.29, 1.82) is 0 Å². The van der Waals surface area contributed by atoms with Gasteiger partial charge in [0.15, 0.2) is 0 Å². The Labute approximate surface area is 86.5 Å². The van der Waals surface area contributed by atoms with Crippen molar-refractivity contribution in [3.63, 3.8) is 0 Å². The van der Waals surface area contributed by atoms with Crippen LogP contribution in [0.3, 0.4) is 0 Å². The Morgan fingerprint density at radius 3 is 2.46 bits per heavy atom. The lowest BCUT2D eigenvalue weighted by Gasteiger charge is -2.09. The average Bonchev–Trinajstić information content (AvgIpc) is 1.96. The topological polar surface area (TPSA) is 29.1 Å². The van der Waals surface area contributed by atoms with Crippen LogP contribution in [0.25, 0.3) is 0 Å². The number of rotatable bonds is 1. The maximum atomic E-state index is 10.9. The second kappa shape index (κ2) is 3.92. The highest BCUT2D eigenvalue weighted by Gasteiger charge is 2.05. The zero-order chi connectivity index (χ0) is 10.0. The van der Waals surface area contributed by atoms with Crippen LogP contribution in [0.4, 0.5) is 5.69 Å². The number of aryl methyl sites for hydroxylation is 2. The van der Waals surface area contributed by atoms with Crippen molar-refractivity contribution < 1.29 is 4.79 Å². The predicted molar refractivity (Wildman–Crippen MR) is 57.9 cm³/mol. The van der Waals surface area contributed by atoms with Crippen LogP contribution in [-0.2, 0) is 4.79 Å². The molecule has 0 aliphatic carbocycles. The summed E-state index contributed by atoms with van der Waals surface area (Å²) < 4.78 is 0.931. The van der Waals surface area contributed by atoms with E-state index in [9.17, 15) is 4.79 Å². The van der Waals surface area contributed by atoms with Crippen LogP contribution in [0.15, 0.2) is 16.6 Å². The lowest BCUT2D eigenvalue weighted by Crippen LogP contribution is -2.07. The number of carbonyl (C=O) groups excluding carboxylic acids is 1. The number of hydrogen-bond acceptors (Lipinski definition) is 1. The number of nitrogens with one attached hydrogen (secondary N) is 1. The van der Waals surface area contributed by atoms with Crippen LogP contribution in [0.2, 0.25) is 0 Å². The summed E-state index contributed by atoms with van der Waals surface area (Å²) >= 11 is 3.41. The molecule has 0 bridgehead atoms. The van der Waals surface area contributed by atoms with E-state index >= 15 is 0 Å². The van der Waals surface area contributed by atoms with Crippen molar-refractivity contribution in [2.45, 2.75) is 20.8 Å². The molecule has 0 spiro atoms. The van der Waals surface area contributed by atoms with Crippen LogP contribution in [0, 0.1) is 13.8 Å². The fraction of sp³-hybridized carbons (Fsp3) is 0.300. The first kappa shape index (κ1) is 10.3. The highest BCUT2D eigenvalue weighted by Crippen LogP contribution is 2.27. The van der Waals surface area contributed by atoms with Crippen LogP contribution in [0.5, 0.6) is 0 Å². The third-order valence-electron chi connectivity index (χ3n) is 1.73. The van der Waals surface area contributed by atoms with E-state index in [0.717, 1.165) is 15.7 Å². The van der Waals surface area contributed by atoms with Gasteiger partial charge in [0.1, 0.15) is 0 Å². The summed E-state index contributed by atoms with van der Waals surface area (Å²) in [5, 5.41) is 2.78. The standard InChI is InChI=1S/C10H12BrNO/c1-6-4-7(2)10(9(11)5-6)12-8(3)13/h4-5H,1-3H3,(H,12,13). The van der Waals surface area contributed by atoms with Gasteiger partial charge in [0.05, 0.1) is 5.69 Å². The molecule has 70 valence electrons. The van der Waals surface area contributed by atoms with Gasteiger partial charge in [0.2, 0.25) is 5.91 Å². The van der Waals surface area contributed by atoms with Gasteiger partial charge < -0.3 is 5.32 Å². The summed E-state index contributed by atoms with van der Waals surface area (Å²) in [5.41, 5.74) is 3.11. The molecule has 0 fully saturated rings. The molecule has 0 aliphatic rings. The first-order valence-corrected chi connectivity index (χ1v) is 4.84. The summed E-state index contributed by atoms with van der Waals surface area (Å²) in [6, 6.07) is 4.02. The summed E-state index contributed by atoms with van der Waals surface area (Å²) in [7, 11) is 0. The summed E-state index contributed by atoms with van der Waals surface area (Å²) in [5.74, 6) is -0.0485. The van der Waals surface area contributed by atoms with E-state index in [4.69, 9.17) is 0 Å². The minimum absolute atomic E-state index is 0.0485. The maximum Gasteiger partial charge on any atom is 0.221 e. The van der Waals surface area contributed by atoms with Crippen molar-refractivity contribution >= 4 is 27.5 Å². The SMILES string of the molecule is CC(=O)Nc1c(C)cc(C)cc1Br. The molecule has 0 atom stereocenters. The van der Waals surface area contributed by atoms with Gasteiger partial charge in [-0.1, -0.05) is 6.07 Å². The monoisotopic (exact) mass is 241 g/mol. The highest BCUT2D eigenvalue weighted by molar-refractivity contribution is 9.10. The molecule has 0 aliphatic heterocycles. The van der Waals surface area contributed by atoms with Crippen LogP contribution in [-0.4, -0.2) is 5.91 Å². The Morgan fingerprint density at radius 2 is 2.00 bits per heavy atom. The molecule has 13 heavy (non-hydrogen) atoms. The van der Waals surface area contributed by atoms with Crippen molar-refractivity contribution in [3.8, 4) is 0 Å². The minimum atomic E-state index is -0.0485. The minimum Gasteiger partial charge on any atom is -0.325 e. The van der Waals surface area contributed by atoms with E-state index in [1.165, 1.54) is 12.5 Å². The van der Waals surface area contributed by atoms with Gasteiger partial charge in [-0.05, 0) is 47.0 Å². The molecule has 0 aromatic heterocycles. The van der Waals surface area contributed by atoms with Crippen molar-refractivity contribution in [2.75, 3.05) is 5.32 Å². The second-order valence-electron chi connectivity index (χ2n) is 3.12. The largest absolute Gasteiger partial charge is 0.325 e. The van der Waals surface area contributed by atoms with Gasteiger partial charge in [0.25, 0.3) is 0 Å². The number of carbonyl (C=O) groups is 1. The highest BCUT2D eigenvalue weighted by atomic mass is 79.9. The first-order chi connectivity index (χ1) is 6.00. The molecule has 0 radical (unpaired) electrons. The third kappa shape index (κ3) is 2.56. The van der Waals surface area contributed by atoms with Crippen LogP contribution < -0.4 is 5.32 Å². The average molecular weight is 242 g/mol. The van der Waals surface area contributed by atoms with E-state index in [1.54, 1.807) is 0 Å². The molecule has 0 heterocycles. The Kier molecular flexibility index (Phi) is 3.09. The van der Waals surface area contributed by atoms with Crippen LogP contribution in [0.1, 0.15) is 18.1 Å². The quantitative estimate of drug-likeness (QED) is 0.805. The van der Waals surface area contributed by atoms with E-state index in [1.807, 2.05) is 26.0 Å². The van der Waals surface area contributed by atoms with E-state index in [0.29, 0.717) is 0 Å². The third-order valence-corrected chi connectivity index (χ3v) is 2.36. The molecule has 0 unspecified atom stereocenters. The van der Waals surface area contributed by atoms with Gasteiger partial charge in [0, 0.05) is 11.4 Å². The molecule has 0 saturated carbocycles. The van der Waals surface area contributed by atoms with Crippen molar-refractivity contribution in [3.05, 3.63) is 27.7 Å². The number of benzene rings is 1. The Balaban J connectivity index is 3.13. The second-order valence-corrected chi connectivity index (χ2v) is 3.97. The molecule has 1 N–H and O–H groups in total. The molecular weight excluding hydrogens is 230 g/mol. The number of anilines is 1. The van der Waals surface area contributed by atoms with E-state index in [-0.39, 0.29) is 5.91 Å². The van der Waals surface area contributed by atoms with Crippen LogP contribution >= 0.6 is 15.9 Å². The zero-order valence-corrected chi connectivity index (χ0v) is 9.53. The molecular formula is C10H12BrNO. The number of amides is 1. The Hall–Kier alpha value is -0.830. The van der Waals surface area contributed by atoms with E-state index < -0.39 is 0 Å². The molecule has 1 aromatic rings. The lowest BCUT2D eigenvalue weighted by atomic mass is 10.1. The molecule has 2 nitrogen and oxygen atoms in total. The summed E-state index contributed by atoms with van der Waals surface area (Å²) in [6.45, 7) is 5.50. The van der Waals surface area contributed by atoms with E-state index in [2.05, 4.69) is 21.2 Å². The Morgan fingerprint density at radius 1 is 1.38 bits per heavy atom. The normalized spacial score (nSPS) is 9.85. The fourth-order valence-electron chi connectivity index (χ4n) is 1.25. The maximum absolute atomic E-state index is 10.9. The zero-order valence-electron chi connectivity index (χ0n) is 7.94. The van der Waals surface area contributed by atoms with Crippen molar-refractivity contribution in [1.82, 2.24) is 0 Å². The molecule has 1 rings (SSSR count). The molecule has 0 saturated heterocycles. The lowest BCUT2D eigenvalue weighted by molar-refractivity contribution is -0.114. The Bertz CT molecular complexity index is 324. The summed E-state index contributed by atoms with van der Waals surface area (Å²) in [4.78, 5) is 10.9. The fourth-order valence-corrected chi connectivity index (χ4v) is 2.02. The molecule has 1 aromatic carbocycles. The van der Waals surface area contributed by atoms with Crippen molar-refractivity contribution in [2.24, 2.45) is 0 Å². The van der Waals surface area contributed by atoms with Gasteiger partial charge in [-0.2, -0.15) is 0 Å².